The summed E-state index contributed by atoms with van der Waals surface area (Å²) in [6.07, 6.45) is 6.20. The average molecular weight is 421 g/mol. The second-order valence-corrected chi connectivity index (χ2v) is 7.44. The number of hydrogen-bond acceptors (Lipinski definition) is 4. The summed E-state index contributed by atoms with van der Waals surface area (Å²) in [6, 6.07) is 13.8. The molecule has 0 unspecified atom stereocenters. The van der Waals surface area contributed by atoms with Crippen LogP contribution in [0.15, 0.2) is 70.5 Å². The summed E-state index contributed by atoms with van der Waals surface area (Å²) in [5.41, 5.74) is 1.26. The molecule has 1 saturated heterocycles. The molecular formula is C23H28N6O2. The number of carbonyl (C=O) groups is 1. The van der Waals surface area contributed by atoms with Gasteiger partial charge in [-0.2, -0.15) is 0 Å². The molecule has 0 aliphatic carbocycles. The van der Waals surface area contributed by atoms with Crippen LogP contribution in [0.2, 0.25) is 0 Å². The van der Waals surface area contributed by atoms with Gasteiger partial charge in [0.25, 0.3) is 5.91 Å². The number of aromatic nitrogens is 2. The predicted molar refractivity (Wildman–Crippen MR) is 119 cm³/mol. The molecule has 3 aromatic rings. The molecule has 1 aliphatic rings. The van der Waals surface area contributed by atoms with Gasteiger partial charge in [0.2, 0.25) is 0 Å². The number of rotatable bonds is 6. The van der Waals surface area contributed by atoms with Crippen molar-refractivity contribution >= 4 is 11.9 Å². The van der Waals surface area contributed by atoms with Crippen molar-refractivity contribution in [3.05, 3.63) is 78.3 Å². The van der Waals surface area contributed by atoms with Gasteiger partial charge in [-0.15, -0.1) is 0 Å². The van der Waals surface area contributed by atoms with Crippen LogP contribution in [0.25, 0.3) is 0 Å². The quantitative estimate of drug-likeness (QED) is 0.488. The van der Waals surface area contributed by atoms with Crippen LogP contribution >= 0.6 is 0 Å². The van der Waals surface area contributed by atoms with Crippen molar-refractivity contribution < 1.29 is 9.21 Å². The number of nitrogens with one attached hydrogen (secondary N) is 1. The van der Waals surface area contributed by atoms with E-state index in [1.165, 1.54) is 11.8 Å². The monoisotopic (exact) mass is 420 g/mol. The zero-order valence-electron chi connectivity index (χ0n) is 17.8. The molecule has 1 aliphatic heterocycles. The van der Waals surface area contributed by atoms with E-state index in [0.29, 0.717) is 18.8 Å². The van der Waals surface area contributed by atoms with Gasteiger partial charge in [-0.25, -0.2) is 4.98 Å². The summed E-state index contributed by atoms with van der Waals surface area (Å²) in [5.74, 6) is 2.23. The molecular weight excluding hydrogens is 392 g/mol. The summed E-state index contributed by atoms with van der Waals surface area (Å²) in [5, 5.41) is 3.44. The third-order valence-corrected chi connectivity index (χ3v) is 5.44. The van der Waals surface area contributed by atoms with Crippen LogP contribution in [-0.2, 0) is 13.0 Å². The van der Waals surface area contributed by atoms with E-state index in [1.807, 2.05) is 23.4 Å². The highest BCUT2D eigenvalue weighted by Gasteiger charge is 2.25. The lowest BCUT2D eigenvalue weighted by Crippen LogP contribution is -2.54. The Balaban J connectivity index is 1.26. The third kappa shape index (κ3) is 5.14. The van der Waals surface area contributed by atoms with Crippen molar-refractivity contribution in [2.24, 2.45) is 4.99 Å². The second-order valence-electron chi connectivity index (χ2n) is 7.44. The highest BCUT2D eigenvalue weighted by molar-refractivity contribution is 5.91. The van der Waals surface area contributed by atoms with E-state index in [-0.39, 0.29) is 5.91 Å². The first-order valence-corrected chi connectivity index (χ1v) is 10.6. The number of aliphatic imine (C=N–C) groups is 1. The molecule has 162 valence electrons. The summed E-state index contributed by atoms with van der Waals surface area (Å²) in [6.45, 7) is 4.30. The maximum Gasteiger partial charge on any atom is 0.289 e. The van der Waals surface area contributed by atoms with Gasteiger partial charge in [-0.05, 0) is 17.7 Å². The Labute approximate surface area is 182 Å². The minimum Gasteiger partial charge on any atom is -0.459 e. The normalized spacial score (nSPS) is 14.7. The topological polar surface area (TPSA) is 78.9 Å². The Morgan fingerprint density at radius 2 is 1.87 bits per heavy atom. The van der Waals surface area contributed by atoms with Crippen molar-refractivity contribution in [3.8, 4) is 0 Å². The highest BCUT2D eigenvalue weighted by Crippen LogP contribution is 2.10. The minimum atomic E-state index is -0.0575. The van der Waals surface area contributed by atoms with E-state index in [4.69, 9.17) is 4.42 Å². The SMILES string of the molecule is CN=C(NCCc1nccn1Cc1ccccc1)N1CCN(C(=O)c2ccco2)CC1. The third-order valence-electron chi connectivity index (χ3n) is 5.44. The molecule has 31 heavy (non-hydrogen) atoms. The van der Waals surface area contributed by atoms with Crippen LogP contribution in [0.4, 0.5) is 0 Å². The largest absolute Gasteiger partial charge is 0.459 e. The van der Waals surface area contributed by atoms with Crippen molar-refractivity contribution in [1.82, 2.24) is 24.7 Å². The molecule has 2 aromatic heterocycles. The molecule has 0 atom stereocenters. The lowest BCUT2D eigenvalue weighted by Gasteiger charge is -2.36. The number of hydrogen-bond donors (Lipinski definition) is 1. The Bertz CT molecular complexity index is 988. The summed E-state index contributed by atoms with van der Waals surface area (Å²) < 4.78 is 7.41. The van der Waals surface area contributed by atoms with E-state index >= 15 is 0 Å². The Hall–Kier alpha value is -3.55. The van der Waals surface area contributed by atoms with Crippen molar-refractivity contribution in [2.45, 2.75) is 13.0 Å². The maximum absolute atomic E-state index is 12.4. The van der Waals surface area contributed by atoms with Crippen LogP contribution < -0.4 is 5.32 Å². The number of amides is 1. The van der Waals surface area contributed by atoms with Crippen LogP contribution in [0, 0.1) is 0 Å². The number of nitrogens with zero attached hydrogens (tertiary/aromatic N) is 5. The summed E-state index contributed by atoms with van der Waals surface area (Å²) in [7, 11) is 1.79. The predicted octanol–water partition coefficient (Wildman–Crippen LogP) is 2.10. The fourth-order valence-electron chi connectivity index (χ4n) is 3.79. The molecule has 0 bridgehead atoms. The van der Waals surface area contributed by atoms with Crippen molar-refractivity contribution in [2.75, 3.05) is 39.8 Å². The summed E-state index contributed by atoms with van der Waals surface area (Å²) in [4.78, 5) is 25.4. The number of benzene rings is 1. The Morgan fingerprint density at radius 3 is 2.58 bits per heavy atom. The number of imidazole rings is 1. The lowest BCUT2D eigenvalue weighted by molar-refractivity contribution is 0.0658. The van der Waals surface area contributed by atoms with Gasteiger partial charge < -0.3 is 24.1 Å². The van der Waals surface area contributed by atoms with Crippen LogP contribution in [0.3, 0.4) is 0 Å². The molecule has 0 radical (unpaired) electrons. The molecule has 1 amide bonds. The fourth-order valence-corrected chi connectivity index (χ4v) is 3.79. The fraction of sp³-hybridized carbons (Fsp3) is 0.348. The average Bonchev–Trinajstić information content (AvgIpc) is 3.50. The molecule has 0 spiro atoms. The standard InChI is InChI=1S/C23H28N6O2/c1-24-23(28-15-13-27(14-16-28)22(30)20-8-5-17-31-20)26-10-9-21-25-11-12-29(21)18-19-6-3-2-4-7-19/h2-8,11-12,17H,9-10,13-16,18H2,1H3,(H,24,26). The first-order chi connectivity index (χ1) is 15.2. The van der Waals surface area contributed by atoms with Crippen LogP contribution in [-0.4, -0.2) is 71.0 Å². The first kappa shape index (κ1) is 20.7. The van der Waals surface area contributed by atoms with Gasteiger partial charge in [0.05, 0.1) is 6.26 Å². The molecule has 4 rings (SSSR count). The number of carbonyl (C=O) groups excluding carboxylic acids is 1. The van der Waals surface area contributed by atoms with E-state index in [1.54, 1.807) is 19.2 Å². The van der Waals surface area contributed by atoms with Gasteiger partial charge in [0.15, 0.2) is 11.7 Å². The first-order valence-electron chi connectivity index (χ1n) is 10.6. The Morgan fingerprint density at radius 1 is 1.10 bits per heavy atom. The molecule has 0 saturated carbocycles. The second kappa shape index (κ2) is 9.97. The minimum absolute atomic E-state index is 0.0575. The lowest BCUT2D eigenvalue weighted by atomic mass is 10.2. The molecule has 8 nitrogen and oxygen atoms in total. The highest BCUT2D eigenvalue weighted by atomic mass is 16.3. The van der Waals surface area contributed by atoms with Gasteiger partial charge in [-0.1, -0.05) is 30.3 Å². The number of guanidine groups is 1. The van der Waals surface area contributed by atoms with Crippen LogP contribution in [0.1, 0.15) is 21.9 Å². The number of piperazine rings is 1. The molecule has 8 heteroatoms. The van der Waals surface area contributed by atoms with E-state index < -0.39 is 0 Å². The zero-order chi connectivity index (χ0) is 21.5. The van der Waals surface area contributed by atoms with Crippen molar-refractivity contribution in [1.29, 1.82) is 0 Å². The maximum atomic E-state index is 12.4. The van der Waals surface area contributed by atoms with E-state index in [9.17, 15) is 4.79 Å². The van der Waals surface area contributed by atoms with Crippen LogP contribution in [0.5, 0.6) is 0 Å². The molecule has 1 N–H and O–H groups in total. The molecule has 3 heterocycles. The zero-order valence-corrected chi connectivity index (χ0v) is 17.8. The molecule has 1 fully saturated rings. The van der Waals surface area contributed by atoms with Gasteiger partial charge in [-0.3, -0.25) is 9.79 Å². The van der Waals surface area contributed by atoms with E-state index in [2.05, 4.69) is 49.0 Å². The van der Waals surface area contributed by atoms with Gasteiger partial charge in [0.1, 0.15) is 5.82 Å². The summed E-state index contributed by atoms with van der Waals surface area (Å²) >= 11 is 0. The smallest absolute Gasteiger partial charge is 0.289 e. The number of furan rings is 1. The van der Waals surface area contributed by atoms with E-state index in [0.717, 1.165) is 44.4 Å². The van der Waals surface area contributed by atoms with Crippen molar-refractivity contribution in [3.63, 3.8) is 0 Å². The van der Waals surface area contributed by atoms with Gasteiger partial charge in [0, 0.05) is 65.1 Å². The molecule has 1 aromatic carbocycles. The van der Waals surface area contributed by atoms with Gasteiger partial charge >= 0.3 is 0 Å². The Kier molecular flexibility index (Phi) is 6.66.